The summed E-state index contributed by atoms with van der Waals surface area (Å²) in [7, 11) is 0. The average Bonchev–Trinajstić information content (AvgIpc) is 2.82. The van der Waals surface area contributed by atoms with Crippen molar-refractivity contribution in [2.24, 2.45) is 11.8 Å². The number of unbranched alkanes of at least 4 members (excludes halogenated alkanes) is 17. The van der Waals surface area contributed by atoms with Crippen molar-refractivity contribution in [2.75, 3.05) is 6.61 Å². The standard InChI is InChI=1S/C31H62O2/c1-5-8-11-13-15-17-18-20-22-24-27-30(26-23-21-19-16-14-12-9-6-2)28-33-31(32)29(4)25-10-7-3/h29-30H,5-28H2,1-4H3. The van der Waals surface area contributed by atoms with E-state index in [4.69, 9.17) is 4.74 Å². The first kappa shape index (κ1) is 32.5. The Morgan fingerprint density at radius 3 is 1.27 bits per heavy atom. The summed E-state index contributed by atoms with van der Waals surface area (Å²) in [5.74, 6) is 0.667. The molecular formula is C31H62O2. The number of rotatable bonds is 26. The molecule has 0 saturated heterocycles. The molecule has 0 aliphatic rings. The number of carbonyl (C=O) groups is 1. The topological polar surface area (TPSA) is 26.3 Å². The number of hydrogen-bond acceptors (Lipinski definition) is 2. The lowest BCUT2D eigenvalue weighted by atomic mass is 9.94. The van der Waals surface area contributed by atoms with E-state index in [0.29, 0.717) is 12.5 Å². The third-order valence-electron chi connectivity index (χ3n) is 7.29. The van der Waals surface area contributed by atoms with Crippen LogP contribution < -0.4 is 0 Å². The molecule has 0 fully saturated rings. The maximum absolute atomic E-state index is 12.4. The molecule has 0 aromatic carbocycles. The van der Waals surface area contributed by atoms with E-state index in [0.717, 1.165) is 19.3 Å². The fourth-order valence-electron chi connectivity index (χ4n) is 4.77. The molecule has 0 aromatic rings. The molecule has 0 spiro atoms. The van der Waals surface area contributed by atoms with Crippen molar-refractivity contribution in [1.29, 1.82) is 0 Å². The average molecular weight is 467 g/mol. The smallest absolute Gasteiger partial charge is 0.308 e. The molecular weight excluding hydrogens is 404 g/mol. The molecule has 0 heterocycles. The molecule has 0 aliphatic carbocycles. The Morgan fingerprint density at radius 1 is 0.515 bits per heavy atom. The number of ether oxygens (including phenoxy) is 1. The van der Waals surface area contributed by atoms with Gasteiger partial charge in [0.1, 0.15) is 0 Å². The van der Waals surface area contributed by atoms with Crippen molar-refractivity contribution >= 4 is 5.97 Å². The zero-order chi connectivity index (χ0) is 24.4. The fraction of sp³-hybridized carbons (Fsp3) is 0.968. The molecule has 198 valence electrons. The van der Waals surface area contributed by atoms with Crippen LogP contribution >= 0.6 is 0 Å². The van der Waals surface area contributed by atoms with Crippen LogP contribution in [0.25, 0.3) is 0 Å². The van der Waals surface area contributed by atoms with E-state index in [1.165, 1.54) is 128 Å². The quantitative estimate of drug-likeness (QED) is 0.0935. The Hall–Kier alpha value is -0.530. The van der Waals surface area contributed by atoms with Crippen LogP contribution in [0.15, 0.2) is 0 Å². The molecule has 2 heteroatoms. The molecule has 0 N–H and O–H groups in total. The van der Waals surface area contributed by atoms with E-state index in [-0.39, 0.29) is 11.9 Å². The Morgan fingerprint density at radius 2 is 0.879 bits per heavy atom. The zero-order valence-electron chi connectivity index (χ0n) is 23.4. The molecule has 0 rings (SSSR count). The minimum absolute atomic E-state index is 0.0347. The SMILES string of the molecule is CCCCCCCCCCCCC(CCCCCCCCCC)COC(=O)C(C)CCCC. The summed E-state index contributed by atoms with van der Waals surface area (Å²) in [4.78, 5) is 12.4. The first-order valence-electron chi connectivity index (χ1n) is 15.3. The van der Waals surface area contributed by atoms with Gasteiger partial charge in [0.2, 0.25) is 0 Å². The van der Waals surface area contributed by atoms with E-state index >= 15 is 0 Å². The summed E-state index contributed by atoms with van der Waals surface area (Å²) in [5, 5.41) is 0. The summed E-state index contributed by atoms with van der Waals surface area (Å²) < 4.78 is 5.79. The molecule has 0 amide bonds. The maximum atomic E-state index is 12.4. The van der Waals surface area contributed by atoms with Crippen LogP contribution in [0, 0.1) is 11.8 Å². The fourth-order valence-corrected chi connectivity index (χ4v) is 4.77. The van der Waals surface area contributed by atoms with E-state index in [2.05, 4.69) is 20.8 Å². The Balaban J connectivity index is 4.07. The second kappa shape index (κ2) is 26.1. The second-order valence-corrected chi connectivity index (χ2v) is 10.8. The third kappa shape index (κ3) is 23.0. The third-order valence-corrected chi connectivity index (χ3v) is 7.29. The van der Waals surface area contributed by atoms with Gasteiger partial charge in [-0.2, -0.15) is 0 Å². The lowest BCUT2D eigenvalue weighted by molar-refractivity contribution is -0.149. The normalized spacial score (nSPS) is 13.2. The monoisotopic (exact) mass is 466 g/mol. The van der Waals surface area contributed by atoms with Gasteiger partial charge >= 0.3 is 5.97 Å². The zero-order valence-corrected chi connectivity index (χ0v) is 23.4. The van der Waals surface area contributed by atoms with Gasteiger partial charge in [0.25, 0.3) is 0 Å². The van der Waals surface area contributed by atoms with Gasteiger partial charge in [-0.1, -0.05) is 156 Å². The summed E-state index contributed by atoms with van der Waals surface area (Å²) in [5.41, 5.74) is 0. The number of esters is 1. The minimum atomic E-state index is 0.0347. The summed E-state index contributed by atoms with van der Waals surface area (Å²) >= 11 is 0. The largest absolute Gasteiger partial charge is 0.465 e. The Kier molecular flexibility index (Phi) is 25.7. The second-order valence-electron chi connectivity index (χ2n) is 10.8. The van der Waals surface area contributed by atoms with Crippen molar-refractivity contribution in [3.63, 3.8) is 0 Å². The summed E-state index contributed by atoms with van der Waals surface area (Å²) in [6.45, 7) is 9.45. The minimum Gasteiger partial charge on any atom is -0.465 e. The first-order chi connectivity index (χ1) is 16.2. The first-order valence-corrected chi connectivity index (χ1v) is 15.3. The van der Waals surface area contributed by atoms with Crippen molar-refractivity contribution in [2.45, 2.75) is 175 Å². The van der Waals surface area contributed by atoms with Crippen LogP contribution in [-0.2, 0) is 9.53 Å². The summed E-state index contributed by atoms with van der Waals surface area (Å²) in [6.07, 6.45) is 30.6. The molecule has 0 radical (unpaired) electrons. The van der Waals surface area contributed by atoms with Crippen molar-refractivity contribution in [1.82, 2.24) is 0 Å². The van der Waals surface area contributed by atoms with Gasteiger partial charge in [-0.25, -0.2) is 0 Å². The predicted octanol–water partition coefficient (Wildman–Crippen LogP) is 10.8. The van der Waals surface area contributed by atoms with Gasteiger partial charge in [0, 0.05) is 0 Å². The van der Waals surface area contributed by atoms with Gasteiger partial charge in [-0.15, -0.1) is 0 Å². The highest BCUT2D eigenvalue weighted by molar-refractivity contribution is 5.71. The van der Waals surface area contributed by atoms with E-state index in [1.54, 1.807) is 0 Å². The highest BCUT2D eigenvalue weighted by atomic mass is 16.5. The molecule has 0 saturated carbocycles. The van der Waals surface area contributed by atoms with Gasteiger partial charge in [-0.05, 0) is 25.2 Å². The number of carbonyl (C=O) groups excluding carboxylic acids is 1. The van der Waals surface area contributed by atoms with Crippen LogP contribution in [0.3, 0.4) is 0 Å². The van der Waals surface area contributed by atoms with Crippen molar-refractivity contribution in [3.8, 4) is 0 Å². The highest BCUT2D eigenvalue weighted by Gasteiger charge is 2.17. The van der Waals surface area contributed by atoms with E-state index in [9.17, 15) is 4.79 Å². The van der Waals surface area contributed by atoms with Crippen molar-refractivity contribution in [3.05, 3.63) is 0 Å². The van der Waals surface area contributed by atoms with Gasteiger partial charge in [0.15, 0.2) is 0 Å². The highest BCUT2D eigenvalue weighted by Crippen LogP contribution is 2.21. The van der Waals surface area contributed by atoms with Gasteiger partial charge in [0.05, 0.1) is 12.5 Å². The Bertz CT molecular complexity index is 392. The molecule has 0 aliphatic heterocycles. The Labute approximate surface area is 209 Å². The van der Waals surface area contributed by atoms with Crippen LogP contribution in [0.4, 0.5) is 0 Å². The van der Waals surface area contributed by atoms with E-state index in [1.807, 2.05) is 6.92 Å². The molecule has 2 atom stereocenters. The lowest BCUT2D eigenvalue weighted by Crippen LogP contribution is -2.19. The molecule has 2 unspecified atom stereocenters. The molecule has 2 nitrogen and oxygen atoms in total. The van der Waals surface area contributed by atoms with Crippen molar-refractivity contribution < 1.29 is 9.53 Å². The molecule has 0 bridgehead atoms. The van der Waals surface area contributed by atoms with Gasteiger partial charge in [-0.3, -0.25) is 4.79 Å². The van der Waals surface area contributed by atoms with Crippen LogP contribution in [-0.4, -0.2) is 12.6 Å². The van der Waals surface area contributed by atoms with Crippen LogP contribution in [0.1, 0.15) is 175 Å². The van der Waals surface area contributed by atoms with Crippen LogP contribution in [0.2, 0.25) is 0 Å². The van der Waals surface area contributed by atoms with Crippen LogP contribution in [0.5, 0.6) is 0 Å². The number of hydrogen-bond donors (Lipinski definition) is 0. The van der Waals surface area contributed by atoms with Gasteiger partial charge < -0.3 is 4.74 Å². The molecule has 0 aromatic heterocycles. The molecule has 33 heavy (non-hydrogen) atoms. The van der Waals surface area contributed by atoms with E-state index < -0.39 is 0 Å². The predicted molar refractivity (Wildman–Crippen MR) is 147 cm³/mol. The maximum Gasteiger partial charge on any atom is 0.308 e. The summed E-state index contributed by atoms with van der Waals surface area (Å²) in [6, 6.07) is 0. The lowest BCUT2D eigenvalue weighted by Gasteiger charge is -2.19.